The van der Waals surface area contributed by atoms with Gasteiger partial charge in [0.25, 0.3) is 0 Å². The van der Waals surface area contributed by atoms with Gasteiger partial charge >= 0.3 is 0 Å². The molecule has 0 amide bonds. The summed E-state index contributed by atoms with van der Waals surface area (Å²) in [5.41, 5.74) is 3.21. The fourth-order valence-corrected chi connectivity index (χ4v) is 2.52. The summed E-state index contributed by atoms with van der Waals surface area (Å²) >= 11 is 0. The minimum atomic E-state index is 0.0390. The zero-order valence-electron chi connectivity index (χ0n) is 11.1. The molecule has 0 aliphatic carbocycles. The van der Waals surface area contributed by atoms with Gasteiger partial charge in [-0.1, -0.05) is 26.0 Å². The SMILES string of the molecule is CCc1c(O)cc(O)c(-c2cccc(O)c2)c1CC. The number of hydrogen-bond donors (Lipinski definition) is 3. The number of hydrogen-bond acceptors (Lipinski definition) is 3. The second-order valence-corrected chi connectivity index (χ2v) is 4.50. The first-order valence-corrected chi connectivity index (χ1v) is 6.44. The minimum Gasteiger partial charge on any atom is -0.508 e. The summed E-state index contributed by atoms with van der Waals surface area (Å²) in [4.78, 5) is 0. The Morgan fingerprint density at radius 2 is 1.53 bits per heavy atom. The highest BCUT2D eigenvalue weighted by Gasteiger charge is 2.17. The van der Waals surface area contributed by atoms with E-state index >= 15 is 0 Å². The Kier molecular flexibility index (Phi) is 3.65. The minimum absolute atomic E-state index is 0.0390. The van der Waals surface area contributed by atoms with Gasteiger partial charge in [-0.3, -0.25) is 0 Å². The summed E-state index contributed by atoms with van der Waals surface area (Å²) in [6.07, 6.45) is 1.40. The standard InChI is InChI=1S/C16H18O3/c1-3-12-13(4-2)16(15(19)9-14(12)18)10-6-5-7-11(17)8-10/h5-9,17-19H,3-4H2,1-2H3. The van der Waals surface area contributed by atoms with Gasteiger partial charge in [0.05, 0.1) is 0 Å². The smallest absolute Gasteiger partial charge is 0.127 e. The molecule has 0 aliphatic heterocycles. The van der Waals surface area contributed by atoms with Crippen molar-refractivity contribution in [1.29, 1.82) is 0 Å². The van der Waals surface area contributed by atoms with Crippen LogP contribution in [-0.4, -0.2) is 15.3 Å². The van der Waals surface area contributed by atoms with Crippen molar-refractivity contribution in [2.75, 3.05) is 0 Å². The molecule has 0 spiro atoms. The summed E-state index contributed by atoms with van der Waals surface area (Å²) in [6.45, 7) is 3.96. The molecule has 0 saturated heterocycles. The first-order valence-electron chi connectivity index (χ1n) is 6.44. The first-order chi connectivity index (χ1) is 9.08. The van der Waals surface area contributed by atoms with E-state index in [1.165, 1.54) is 6.07 Å². The summed E-state index contributed by atoms with van der Waals surface area (Å²) in [7, 11) is 0. The molecule has 2 rings (SSSR count). The van der Waals surface area contributed by atoms with Crippen LogP contribution >= 0.6 is 0 Å². The van der Waals surface area contributed by atoms with E-state index in [0.29, 0.717) is 18.4 Å². The summed E-state index contributed by atoms with van der Waals surface area (Å²) in [5, 5.41) is 29.6. The highest BCUT2D eigenvalue weighted by Crippen LogP contribution is 2.40. The van der Waals surface area contributed by atoms with Crippen LogP contribution in [0.25, 0.3) is 11.1 Å². The van der Waals surface area contributed by atoms with Crippen LogP contribution in [0.4, 0.5) is 0 Å². The van der Waals surface area contributed by atoms with Crippen LogP contribution in [0.15, 0.2) is 30.3 Å². The Morgan fingerprint density at radius 3 is 2.11 bits per heavy atom. The quantitative estimate of drug-likeness (QED) is 0.788. The lowest BCUT2D eigenvalue weighted by Crippen LogP contribution is -1.96. The van der Waals surface area contributed by atoms with Gasteiger partial charge in [0, 0.05) is 11.6 Å². The van der Waals surface area contributed by atoms with Crippen LogP contribution < -0.4 is 0 Å². The molecule has 2 aromatic carbocycles. The van der Waals surface area contributed by atoms with Crippen molar-refractivity contribution < 1.29 is 15.3 Å². The molecule has 0 aliphatic rings. The predicted octanol–water partition coefficient (Wildman–Crippen LogP) is 3.60. The molecule has 0 fully saturated rings. The molecule has 0 heterocycles. The molecule has 3 heteroatoms. The lowest BCUT2D eigenvalue weighted by Gasteiger charge is -2.16. The lowest BCUT2D eigenvalue weighted by atomic mass is 9.91. The predicted molar refractivity (Wildman–Crippen MR) is 75.6 cm³/mol. The topological polar surface area (TPSA) is 60.7 Å². The van der Waals surface area contributed by atoms with E-state index < -0.39 is 0 Å². The van der Waals surface area contributed by atoms with Crippen LogP contribution in [0.1, 0.15) is 25.0 Å². The molecule has 0 aromatic heterocycles. The molecule has 0 radical (unpaired) electrons. The fraction of sp³-hybridized carbons (Fsp3) is 0.250. The van der Waals surface area contributed by atoms with E-state index in [1.807, 2.05) is 19.9 Å². The van der Waals surface area contributed by atoms with Crippen LogP contribution in [0.2, 0.25) is 0 Å². The normalized spacial score (nSPS) is 10.6. The molecule has 0 bridgehead atoms. The van der Waals surface area contributed by atoms with Gasteiger partial charge in [-0.05, 0) is 41.7 Å². The Hall–Kier alpha value is -2.16. The molecule has 0 atom stereocenters. The van der Waals surface area contributed by atoms with E-state index in [2.05, 4.69) is 0 Å². The van der Waals surface area contributed by atoms with E-state index in [-0.39, 0.29) is 17.2 Å². The summed E-state index contributed by atoms with van der Waals surface area (Å²) in [6, 6.07) is 8.15. The Balaban J connectivity index is 2.75. The number of rotatable bonds is 3. The van der Waals surface area contributed by atoms with E-state index in [1.54, 1.807) is 18.2 Å². The Morgan fingerprint density at radius 1 is 0.842 bits per heavy atom. The Labute approximate surface area is 112 Å². The third kappa shape index (κ3) is 2.36. The molecule has 0 saturated carbocycles. The van der Waals surface area contributed by atoms with Gasteiger partial charge in [-0.15, -0.1) is 0 Å². The lowest BCUT2D eigenvalue weighted by molar-refractivity contribution is 0.446. The van der Waals surface area contributed by atoms with Gasteiger partial charge in [-0.25, -0.2) is 0 Å². The number of aromatic hydroxyl groups is 3. The van der Waals surface area contributed by atoms with Crippen molar-refractivity contribution in [1.82, 2.24) is 0 Å². The summed E-state index contributed by atoms with van der Waals surface area (Å²) in [5.74, 6) is 0.322. The number of benzene rings is 2. The highest BCUT2D eigenvalue weighted by atomic mass is 16.3. The van der Waals surface area contributed by atoms with Crippen molar-refractivity contribution in [2.45, 2.75) is 26.7 Å². The molecule has 3 nitrogen and oxygen atoms in total. The second kappa shape index (κ2) is 5.22. The largest absolute Gasteiger partial charge is 0.508 e. The molecule has 0 unspecified atom stereocenters. The maximum Gasteiger partial charge on any atom is 0.127 e. The fourth-order valence-electron chi connectivity index (χ4n) is 2.52. The molecular weight excluding hydrogens is 240 g/mol. The molecule has 19 heavy (non-hydrogen) atoms. The second-order valence-electron chi connectivity index (χ2n) is 4.50. The first kappa shape index (κ1) is 13.3. The van der Waals surface area contributed by atoms with E-state index in [0.717, 1.165) is 16.7 Å². The third-order valence-corrected chi connectivity index (χ3v) is 3.35. The molecular formula is C16H18O3. The van der Waals surface area contributed by atoms with Gasteiger partial charge < -0.3 is 15.3 Å². The van der Waals surface area contributed by atoms with Crippen molar-refractivity contribution in [3.8, 4) is 28.4 Å². The molecule has 100 valence electrons. The number of phenolic OH excluding ortho intramolecular Hbond substituents is 3. The van der Waals surface area contributed by atoms with E-state index in [4.69, 9.17) is 0 Å². The van der Waals surface area contributed by atoms with Crippen molar-refractivity contribution in [3.05, 3.63) is 41.5 Å². The van der Waals surface area contributed by atoms with Crippen molar-refractivity contribution in [2.24, 2.45) is 0 Å². The third-order valence-electron chi connectivity index (χ3n) is 3.35. The van der Waals surface area contributed by atoms with Gasteiger partial charge in [0.1, 0.15) is 17.2 Å². The average molecular weight is 258 g/mol. The maximum atomic E-state index is 10.1. The van der Waals surface area contributed by atoms with Gasteiger partial charge in [0.2, 0.25) is 0 Å². The van der Waals surface area contributed by atoms with Crippen LogP contribution in [0, 0.1) is 0 Å². The van der Waals surface area contributed by atoms with Crippen LogP contribution in [0.5, 0.6) is 17.2 Å². The molecule has 2 aromatic rings. The van der Waals surface area contributed by atoms with E-state index in [9.17, 15) is 15.3 Å². The average Bonchev–Trinajstić information content (AvgIpc) is 2.37. The summed E-state index contributed by atoms with van der Waals surface area (Å²) < 4.78 is 0. The van der Waals surface area contributed by atoms with Gasteiger partial charge in [0.15, 0.2) is 0 Å². The van der Waals surface area contributed by atoms with Crippen molar-refractivity contribution >= 4 is 0 Å². The van der Waals surface area contributed by atoms with Crippen molar-refractivity contribution in [3.63, 3.8) is 0 Å². The maximum absolute atomic E-state index is 10.1. The van der Waals surface area contributed by atoms with Crippen LogP contribution in [0.3, 0.4) is 0 Å². The molecule has 3 N–H and O–H groups in total. The monoisotopic (exact) mass is 258 g/mol. The highest BCUT2D eigenvalue weighted by molar-refractivity contribution is 5.77. The Bertz CT molecular complexity index is 603. The zero-order chi connectivity index (χ0) is 14.0. The number of phenols is 3. The zero-order valence-corrected chi connectivity index (χ0v) is 11.1. The van der Waals surface area contributed by atoms with Gasteiger partial charge in [-0.2, -0.15) is 0 Å². The van der Waals surface area contributed by atoms with Crippen LogP contribution in [-0.2, 0) is 12.8 Å².